The summed E-state index contributed by atoms with van der Waals surface area (Å²) in [6.45, 7) is 3.27. The maximum atomic E-state index is 12.8. The second kappa shape index (κ2) is 9.28. The van der Waals surface area contributed by atoms with E-state index in [-0.39, 0.29) is 24.3 Å². The lowest BCUT2D eigenvalue weighted by atomic mass is 10.2. The van der Waals surface area contributed by atoms with Gasteiger partial charge in [-0.15, -0.1) is 0 Å². The number of esters is 1. The molecule has 5 heteroatoms. The Balaban J connectivity index is 0.00000264. The van der Waals surface area contributed by atoms with Crippen LogP contribution >= 0.6 is 0 Å². The molecule has 1 atom stereocenters. The highest BCUT2D eigenvalue weighted by molar-refractivity contribution is 5.89. The number of carbonyl (C=O) groups is 1. The number of nitrogens with zero attached hydrogens (tertiary/aromatic N) is 1. The molecule has 1 unspecified atom stereocenters. The summed E-state index contributed by atoms with van der Waals surface area (Å²) >= 11 is 0. The van der Waals surface area contributed by atoms with Gasteiger partial charge in [0.05, 0.1) is 5.56 Å². The predicted octanol–water partition coefficient (Wildman–Crippen LogP) is 0.507. The number of carbonyl (C=O) groups excluding carboxylic acids is 1. The lowest BCUT2D eigenvalue weighted by Gasteiger charge is -2.21. The fourth-order valence-corrected chi connectivity index (χ4v) is 2.27. The van der Waals surface area contributed by atoms with Gasteiger partial charge in [-0.1, -0.05) is 30.3 Å². The van der Waals surface area contributed by atoms with Crippen LogP contribution in [0.2, 0.25) is 0 Å². The van der Waals surface area contributed by atoms with Crippen molar-refractivity contribution in [2.75, 3.05) is 13.6 Å². The molecule has 124 valence electrons. The maximum Gasteiger partial charge on any atom is 0.338 e. The molecule has 3 nitrogen and oxygen atoms in total. The molecule has 2 aromatic carbocycles. The van der Waals surface area contributed by atoms with Crippen LogP contribution < -0.4 is 12.4 Å². The van der Waals surface area contributed by atoms with Crippen molar-refractivity contribution in [3.05, 3.63) is 71.5 Å². The normalized spacial score (nSPS) is 11.7. The van der Waals surface area contributed by atoms with E-state index >= 15 is 0 Å². The third kappa shape index (κ3) is 6.38. The van der Waals surface area contributed by atoms with Gasteiger partial charge in [0.1, 0.15) is 11.9 Å². The van der Waals surface area contributed by atoms with Gasteiger partial charge < -0.3 is 17.1 Å². The van der Waals surface area contributed by atoms with Gasteiger partial charge in [0.25, 0.3) is 0 Å². The van der Waals surface area contributed by atoms with E-state index < -0.39 is 5.97 Å². The van der Waals surface area contributed by atoms with Crippen molar-refractivity contribution in [1.29, 1.82) is 0 Å². The quantitative estimate of drug-likeness (QED) is 0.720. The van der Waals surface area contributed by atoms with Crippen LogP contribution in [0.15, 0.2) is 54.6 Å². The predicted molar refractivity (Wildman–Crippen MR) is 84.1 cm³/mol. The molecular formula is C18H20ClFNO2-. The Hall–Kier alpha value is -1.91. The molecule has 0 N–H and O–H groups in total. The molecule has 0 amide bonds. The Morgan fingerprint density at radius 2 is 1.74 bits per heavy atom. The van der Waals surface area contributed by atoms with Crippen LogP contribution in [0.3, 0.4) is 0 Å². The van der Waals surface area contributed by atoms with Crippen molar-refractivity contribution >= 4 is 5.97 Å². The number of halogens is 2. The van der Waals surface area contributed by atoms with Gasteiger partial charge in [-0.05, 0) is 43.8 Å². The van der Waals surface area contributed by atoms with Crippen LogP contribution in [0, 0.1) is 5.82 Å². The second-order valence-electron chi connectivity index (χ2n) is 5.41. The second-order valence-corrected chi connectivity index (χ2v) is 5.41. The third-order valence-corrected chi connectivity index (χ3v) is 3.25. The van der Waals surface area contributed by atoms with E-state index in [1.54, 1.807) is 0 Å². The van der Waals surface area contributed by atoms with Crippen LogP contribution in [0.4, 0.5) is 4.39 Å². The Labute approximate surface area is 142 Å². The summed E-state index contributed by atoms with van der Waals surface area (Å²) in [7, 11) is 1.98. The van der Waals surface area contributed by atoms with Gasteiger partial charge in [-0.2, -0.15) is 0 Å². The van der Waals surface area contributed by atoms with Crippen LogP contribution in [0.25, 0.3) is 0 Å². The van der Waals surface area contributed by atoms with E-state index in [1.807, 2.05) is 32.2 Å². The summed E-state index contributed by atoms with van der Waals surface area (Å²) in [5.41, 5.74) is 1.57. The largest absolute Gasteiger partial charge is 1.00 e. The van der Waals surface area contributed by atoms with Gasteiger partial charge in [0.2, 0.25) is 0 Å². The van der Waals surface area contributed by atoms with Gasteiger partial charge in [0.15, 0.2) is 0 Å². The Morgan fingerprint density at radius 3 is 2.35 bits per heavy atom. The Bertz CT molecular complexity index is 604. The number of benzene rings is 2. The van der Waals surface area contributed by atoms with E-state index in [1.165, 1.54) is 29.8 Å². The first-order valence-corrected chi connectivity index (χ1v) is 7.23. The summed E-state index contributed by atoms with van der Waals surface area (Å²) in [6, 6.07) is 15.5. The number of hydrogen-bond acceptors (Lipinski definition) is 3. The molecule has 0 aliphatic carbocycles. The molecule has 23 heavy (non-hydrogen) atoms. The minimum Gasteiger partial charge on any atom is -1.00 e. The highest BCUT2D eigenvalue weighted by Gasteiger charge is 2.14. The van der Waals surface area contributed by atoms with E-state index in [0.29, 0.717) is 12.1 Å². The Kier molecular flexibility index (Phi) is 7.72. The van der Waals surface area contributed by atoms with Gasteiger partial charge in [0, 0.05) is 13.1 Å². The lowest BCUT2D eigenvalue weighted by molar-refractivity contribution is -0.0000430. The Morgan fingerprint density at radius 1 is 1.13 bits per heavy atom. The molecule has 0 fully saturated rings. The SMILES string of the molecule is CC(CN(C)Cc1ccccc1)OC(=O)c1ccc(F)cc1.[Cl-]. The molecule has 0 spiro atoms. The summed E-state index contributed by atoms with van der Waals surface area (Å²) in [4.78, 5) is 14.0. The summed E-state index contributed by atoms with van der Waals surface area (Å²) in [6.07, 6.45) is -0.244. The minimum atomic E-state index is -0.430. The molecule has 0 aliphatic rings. The molecule has 0 saturated heterocycles. The van der Waals surface area contributed by atoms with Gasteiger partial charge >= 0.3 is 5.97 Å². The zero-order valence-corrected chi connectivity index (χ0v) is 14.0. The molecule has 0 bridgehead atoms. The monoisotopic (exact) mass is 336 g/mol. The summed E-state index contributed by atoms with van der Waals surface area (Å²) < 4.78 is 18.2. The van der Waals surface area contributed by atoms with Crippen LogP contribution in [0.5, 0.6) is 0 Å². The van der Waals surface area contributed by atoms with Crippen molar-refractivity contribution in [3.8, 4) is 0 Å². The van der Waals surface area contributed by atoms with Crippen LogP contribution in [0.1, 0.15) is 22.8 Å². The smallest absolute Gasteiger partial charge is 0.338 e. The molecular weight excluding hydrogens is 317 g/mol. The lowest BCUT2D eigenvalue weighted by Crippen LogP contribution is -3.00. The number of hydrogen-bond donors (Lipinski definition) is 0. The van der Waals surface area contributed by atoms with Crippen LogP contribution in [-0.2, 0) is 11.3 Å². The average molecular weight is 337 g/mol. The standard InChI is InChI=1S/C18H20FNO2.ClH/c1-14(12-20(2)13-15-6-4-3-5-7-15)22-18(21)16-8-10-17(19)11-9-16;/h3-11,14H,12-13H2,1-2H3;1H/p-1. The van der Waals surface area contributed by atoms with E-state index in [0.717, 1.165) is 6.54 Å². The van der Waals surface area contributed by atoms with Crippen molar-refractivity contribution in [2.24, 2.45) is 0 Å². The van der Waals surface area contributed by atoms with Crippen molar-refractivity contribution in [2.45, 2.75) is 19.6 Å². The highest BCUT2D eigenvalue weighted by atomic mass is 35.5. The molecule has 0 heterocycles. The number of rotatable bonds is 6. The third-order valence-electron chi connectivity index (χ3n) is 3.25. The van der Waals surface area contributed by atoms with Crippen molar-refractivity contribution in [3.63, 3.8) is 0 Å². The molecule has 0 aliphatic heterocycles. The average Bonchev–Trinajstić information content (AvgIpc) is 2.48. The molecule has 2 rings (SSSR count). The first kappa shape index (κ1) is 19.1. The van der Waals surface area contributed by atoms with Gasteiger partial charge in [-0.25, -0.2) is 9.18 Å². The first-order chi connectivity index (χ1) is 10.5. The number of likely N-dealkylation sites (N-methyl/N-ethyl adjacent to an activating group) is 1. The zero-order chi connectivity index (χ0) is 15.9. The topological polar surface area (TPSA) is 29.5 Å². The molecule has 2 aromatic rings. The summed E-state index contributed by atoms with van der Waals surface area (Å²) in [5, 5.41) is 0. The first-order valence-electron chi connectivity index (χ1n) is 7.23. The fraction of sp³-hybridized carbons (Fsp3) is 0.278. The van der Waals surface area contributed by atoms with Crippen molar-refractivity contribution in [1.82, 2.24) is 4.90 Å². The minimum absolute atomic E-state index is 0. The summed E-state index contributed by atoms with van der Waals surface area (Å²) in [5.74, 6) is -0.798. The van der Waals surface area contributed by atoms with E-state index in [9.17, 15) is 9.18 Å². The van der Waals surface area contributed by atoms with E-state index in [4.69, 9.17) is 4.74 Å². The van der Waals surface area contributed by atoms with Crippen molar-refractivity contribution < 1.29 is 26.3 Å². The molecule has 0 radical (unpaired) electrons. The maximum absolute atomic E-state index is 12.8. The molecule has 0 aromatic heterocycles. The highest BCUT2D eigenvalue weighted by Crippen LogP contribution is 2.08. The molecule has 0 saturated carbocycles. The van der Waals surface area contributed by atoms with E-state index in [2.05, 4.69) is 17.0 Å². The zero-order valence-electron chi connectivity index (χ0n) is 13.2. The fourth-order valence-electron chi connectivity index (χ4n) is 2.27. The van der Waals surface area contributed by atoms with Crippen LogP contribution in [-0.4, -0.2) is 30.6 Å². The number of ether oxygens (including phenoxy) is 1. The van der Waals surface area contributed by atoms with Gasteiger partial charge in [-0.3, -0.25) is 4.90 Å².